The van der Waals surface area contributed by atoms with Crippen LogP contribution in [0.25, 0.3) is 22.3 Å². The van der Waals surface area contributed by atoms with Crippen LogP contribution in [0, 0.1) is 0 Å². The molecule has 8 N–H and O–H groups in total. The summed E-state index contributed by atoms with van der Waals surface area (Å²) in [5.74, 6) is -0.602. The normalized spacial score (nSPS) is 31.6. The molecule has 0 unspecified atom stereocenters. The van der Waals surface area contributed by atoms with Gasteiger partial charge in [0.05, 0.1) is 20.3 Å². The second kappa shape index (κ2) is 12.0. The summed E-state index contributed by atoms with van der Waals surface area (Å²) in [6.07, 6.45) is -14.0. The van der Waals surface area contributed by atoms with Crippen molar-refractivity contribution in [2.24, 2.45) is 0 Å². The number of methoxy groups -OCH3 is 1. The van der Waals surface area contributed by atoms with E-state index in [2.05, 4.69) is 0 Å². The molecule has 15 nitrogen and oxygen atoms in total. The Kier molecular flexibility index (Phi) is 8.56. The van der Waals surface area contributed by atoms with E-state index < -0.39 is 73.1 Å². The van der Waals surface area contributed by atoms with E-state index in [4.69, 9.17) is 28.1 Å². The first-order valence-corrected chi connectivity index (χ1v) is 12.8. The molecule has 0 amide bonds. The largest absolute Gasteiger partial charge is 0.507 e. The van der Waals surface area contributed by atoms with Crippen LogP contribution >= 0.6 is 0 Å². The quantitative estimate of drug-likeness (QED) is 0.156. The molecule has 0 spiro atoms. The van der Waals surface area contributed by atoms with Gasteiger partial charge in [-0.25, -0.2) is 0 Å². The van der Waals surface area contributed by atoms with Crippen molar-refractivity contribution in [2.45, 2.75) is 55.3 Å². The first-order chi connectivity index (χ1) is 20.0. The van der Waals surface area contributed by atoms with Gasteiger partial charge in [0.1, 0.15) is 71.0 Å². The minimum absolute atomic E-state index is 0.0523. The zero-order valence-corrected chi connectivity index (χ0v) is 22.0. The highest BCUT2D eigenvalue weighted by atomic mass is 16.7. The molecular weight excluding hydrogens is 564 g/mol. The third kappa shape index (κ3) is 5.74. The Bertz CT molecular complexity index is 1470. The molecule has 3 aromatic rings. The summed E-state index contributed by atoms with van der Waals surface area (Å²) in [4.78, 5) is 12.8. The number of fused-ring (bicyclic) bond motifs is 1. The monoisotopic (exact) mass is 594 g/mol. The van der Waals surface area contributed by atoms with Crippen molar-refractivity contribution in [1.29, 1.82) is 0 Å². The van der Waals surface area contributed by atoms with Crippen LogP contribution in [0.3, 0.4) is 0 Å². The van der Waals surface area contributed by atoms with Gasteiger partial charge in [-0.05, 0) is 18.2 Å². The second-order valence-corrected chi connectivity index (χ2v) is 9.89. The summed E-state index contributed by atoms with van der Waals surface area (Å²) in [6, 6.07) is 7.78. The Morgan fingerprint density at radius 2 is 1.60 bits per heavy atom. The SMILES string of the molecule is COc1ccc(-c2cc(=O)c3c(O)cc(O[C@@H]4O[C@H](CO[C@H]5OC[C@H](O)[C@@H](O)[C@H]5O)[C@@H](O)[C@H](O)[C@H]4O)cc3o2)cc1O. The van der Waals surface area contributed by atoms with Gasteiger partial charge in [0.2, 0.25) is 6.29 Å². The van der Waals surface area contributed by atoms with Gasteiger partial charge in [0, 0.05) is 23.8 Å². The molecule has 0 radical (unpaired) electrons. The zero-order valence-electron chi connectivity index (χ0n) is 22.0. The van der Waals surface area contributed by atoms with E-state index in [-0.39, 0.29) is 40.6 Å². The smallest absolute Gasteiger partial charge is 0.229 e. The first kappa shape index (κ1) is 30.0. The van der Waals surface area contributed by atoms with Crippen molar-refractivity contribution in [3.8, 4) is 34.3 Å². The molecule has 2 aliphatic rings. The second-order valence-electron chi connectivity index (χ2n) is 9.89. The van der Waals surface area contributed by atoms with Crippen LogP contribution in [0.1, 0.15) is 0 Å². The van der Waals surface area contributed by atoms with Gasteiger partial charge in [-0.15, -0.1) is 0 Å². The highest BCUT2D eigenvalue weighted by Crippen LogP contribution is 2.35. The number of aliphatic hydroxyl groups excluding tert-OH is 6. The van der Waals surface area contributed by atoms with Crippen molar-refractivity contribution in [3.05, 3.63) is 46.6 Å². The van der Waals surface area contributed by atoms with Gasteiger partial charge in [-0.1, -0.05) is 0 Å². The van der Waals surface area contributed by atoms with E-state index in [9.17, 15) is 45.6 Å². The Morgan fingerprint density at radius 3 is 2.31 bits per heavy atom. The average molecular weight is 595 g/mol. The zero-order chi connectivity index (χ0) is 30.3. The lowest BCUT2D eigenvalue weighted by Gasteiger charge is -2.41. The number of aromatic hydroxyl groups is 2. The van der Waals surface area contributed by atoms with Gasteiger partial charge < -0.3 is 69.0 Å². The van der Waals surface area contributed by atoms with Gasteiger partial charge in [-0.2, -0.15) is 0 Å². The Hall–Kier alpha value is -3.51. The molecule has 0 aliphatic carbocycles. The molecule has 2 aromatic carbocycles. The van der Waals surface area contributed by atoms with Crippen LogP contribution < -0.4 is 14.9 Å². The van der Waals surface area contributed by atoms with Gasteiger partial charge in [0.15, 0.2) is 23.2 Å². The van der Waals surface area contributed by atoms with E-state index in [0.717, 1.165) is 12.1 Å². The maximum atomic E-state index is 12.8. The van der Waals surface area contributed by atoms with Crippen molar-refractivity contribution < 1.29 is 69.0 Å². The number of phenolic OH excluding ortho intramolecular Hbond substituents is 2. The maximum Gasteiger partial charge on any atom is 0.229 e. The third-order valence-electron chi connectivity index (χ3n) is 7.05. The van der Waals surface area contributed by atoms with Crippen molar-refractivity contribution in [1.82, 2.24) is 0 Å². The molecular formula is C27H30O15. The maximum absolute atomic E-state index is 12.8. The van der Waals surface area contributed by atoms with Crippen molar-refractivity contribution in [2.75, 3.05) is 20.3 Å². The molecule has 1 aromatic heterocycles. The van der Waals surface area contributed by atoms with Gasteiger partial charge in [-0.3, -0.25) is 4.79 Å². The highest BCUT2D eigenvalue weighted by molar-refractivity contribution is 5.86. The molecule has 3 heterocycles. The number of rotatable bonds is 7. The molecule has 2 saturated heterocycles. The van der Waals surface area contributed by atoms with E-state index >= 15 is 0 Å². The summed E-state index contributed by atoms with van der Waals surface area (Å²) in [7, 11) is 1.38. The van der Waals surface area contributed by atoms with Crippen LogP contribution in [0.15, 0.2) is 45.6 Å². The fourth-order valence-corrected chi connectivity index (χ4v) is 4.70. The Labute approximate surface area is 236 Å². The van der Waals surface area contributed by atoms with Crippen LogP contribution in [0.2, 0.25) is 0 Å². The molecule has 9 atom stereocenters. The molecule has 2 fully saturated rings. The number of ether oxygens (including phenoxy) is 5. The van der Waals surface area contributed by atoms with Gasteiger partial charge >= 0.3 is 0 Å². The first-order valence-electron chi connectivity index (χ1n) is 12.8. The predicted octanol–water partition coefficient (Wildman–Crippen LogP) is -1.48. The molecule has 0 saturated carbocycles. The number of benzene rings is 2. The van der Waals surface area contributed by atoms with Crippen LogP contribution in [-0.4, -0.2) is 116 Å². The minimum atomic E-state index is -1.77. The summed E-state index contributed by atoms with van der Waals surface area (Å²) >= 11 is 0. The van der Waals surface area contributed by atoms with Crippen LogP contribution in [-0.2, 0) is 14.2 Å². The summed E-state index contributed by atoms with van der Waals surface area (Å²) in [5.41, 5.74) is -0.379. The third-order valence-corrected chi connectivity index (χ3v) is 7.05. The van der Waals surface area contributed by atoms with Crippen LogP contribution in [0.4, 0.5) is 0 Å². The van der Waals surface area contributed by atoms with Crippen molar-refractivity contribution in [3.63, 3.8) is 0 Å². The molecule has 15 heteroatoms. The molecule has 42 heavy (non-hydrogen) atoms. The highest BCUT2D eigenvalue weighted by Gasteiger charge is 2.46. The van der Waals surface area contributed by atoms with E-state index in [1.807, 2.05) is 0 Å². The lowest BCUT2D eigenvalue weighted by atomic mass is 9.99. The number of phenols is 2. The summed E-state index contributed by atoms with van der Waals surface area (Å²) in [6.45, 7) is -0.821. The fourth-order valence-electron chi connectivity index (χ4n) is 4.70. The summed E-state index contributed by atoms with van der Waals surface area (Å²) in [5, 5.41) is 81.3. The van der Waals surface area contributed by atoms with E-state index in [1.165, 1.54) is 25.3 Å². The average Bonchev–Trinajstić information content (AvgIpc) is 2.96. The predicted molar refractivity (Wildman–Crippen MR) is 139 cm³/mol. The molecule has 228 valence electrons. The lowest BCUT2D eigenvalue weighted by Crippen LogP contribution is -2.61. The topological polar surface area (TPSA) is 238 Å². The van der Waals surface area contributed by atoms with Crippen molar-refractivity contribution >= 4 is 11.0 Å². The number of aliphatic hydroxyl groups is 6. The fraction of sp³-hybridized carbons (Fsp3) is 0.444. The Balaban J connectivity index is 1.36. The summed E-state index contributed by atoms with van der Waals surface area (Å²) < 4.78 is 32.6. The number of hydrogen-bond acceptors (Lipinski definition) is 15. The molecule has 5 rings (SSSR count). The van der Waals surface area contributed by atoms with E-state index in [0.29, 0.717) is 5.56 Å². The molecule has 0 bridgehead atoms. The van der Waals surface area contributed by atoms with Crippen LogP contribution in [0.5, 0.6) is 23.0 Å². The molecule has 2 aliphatic heterocycles. The number of hydrogen-bond donors (Lipinski definition) is 8. The minimum Gasteiger partial charge on any atom is -0.507 e. The lowest BCUT2D eigenvalue weighted by molar-refractivity contribution is -0.307. The standard InChI is InChI=1S/C27H30O15/c1-37-16-3-2-10(4-12(16)28)17-7-14(30)20-13(29)5-11(6-18(20)41-17)40-27-25(36)23(34)22(33)19(42-27)9-39-26-24(35)21(32)15(31)8-38-26/h2-7,15,19,21-29,31-36H,8-9H2,1H3/t15-,19+,21+,22+,23-,24+,25+,26+,27+/m0/s1. The van der Waals surface area contributed by atoms with Gasteiger partial charge in [0.25, 0.3) is 0 Å². The van der Waals surface area contributed by atoms with E-state index in [1.54, 1.807) is 6.07 Å². The Morgan fingerprint density at radius 1 is 0.857 bits per heavy atom.